The van der Waals surface area contributed by atoms with E-state index in [4.69, 9.17) is 4.74 Å². The average molecular weight is 274 g/mol. The molecule has 0 unspecified atom stereocenters. The van der Waals surface area contributed by atoms with Gasteiger partial charge in [0.1, 0.15) is 10.8 Å². The van der Waals surface area contributed by atoms with Gasteiger partial charge in [0.2, 0.25) is 0 Å². The van der Waals surface area contributed by atoms with Crippen LogP contribution in [0.3, 0.4) is 0 Å². The molecular formula is C15H18N2OS. The zero-order valence-corrected chi connectivity index (χ0v) is 11.9. The van der Waals surface area contributed by atoms with Gasteiger partial charge in [-0.15, -0.1) is 11.3 Å². The van der Waals surface area contributed by atoms with Gasteiger partial charge in [-0.1, -0.05) is 12.1 Å². The quantitative estimate of drug-likeness (QED) is 0.877. The van der Waals surface area contributed by atoms with E-state index in [9.17, 15) is 0 Å². The number of rotatable bonds is 6. The molecule has 4 heteroatoms. The van der Waals surface area contributed by atoms with Crippen LogP contribution in [0.25, 0.3) is 10.4 Å². The second-order valence-corrected chi connectivity index (χ2v) is 6.01. The van der Waals surface area contributed by atoms with E-state index in [0.717, 1.165) is 35.3 Å². The lowest BCUT2D eigenvalue weighted by Crippen LogP contribution is -2.15. The fourth-order valence-corrected chi connectivity index (χ4v) is 2.99. The maximum atomic E-state index is 5.39. The molecule has 100 valence electrons. The minimum absolute atomic E-state index is 0.871. The molecule has 2 aromatic rings. The Hall–Kier alpha value is -1.39. The van der Waals surface area contributed by atoms with Gasteiger partial charge in [-0.2, -0.15) is 0 Å². The van der Waals surface area contributed by atoms with Crippen LogP contribution in [0.4, 0.5) is 0 Å². The Labute approximate surface area is 117 Å². The van der Waals surface area contributed by atoms with Crippen LogP contribution in [0, 0.1) is 5.92 Å². The summed E-state index contributed by atoms with van der Waals surface area (Å²) in [6.07, 6.45) is 4.71. The second-order valence-electron chi connectivity index (χ2n) is 4.89. The summed E-state index contributed by atoms with van der Waals surface area (Å²) in [5, 5.41) is 4.61. The number of hydrogen-bond acceptors (Lipinski definition) is 4. The molecule has 0 saturated heterocycles. The summed E-state index contributed by atoms with van der Waals surface area (Å²) in [7, 11) is 1.71. The summed E-state index contributed by atoms with van der Waals surface area (Å²) in [6.45, 7) is 2.00. The van der Waals surface area contributed by atoms with Crippen molar-refractivity contribution in [2.45, 2.75) is 19.4 Å². The zero-order valence-electron chi connectivity index (χ0n) is 11.1. The monoisotopic (exact) mass is 274 g/mol. The third-order valence-corrected chi connectivity index (χ3v) is 4.36. The maximum absolute atomic E-state index is 5.39. The van der Waals surface area contributed by atoms with Crippen LogP contribution in [0.15, 0.2) is 30.5 Å². The summed E-state index contributed by atoms with van der Waals surface area (Å²) in [5.74, 6) is 1.82. The number of methoxy groups -OCH3 is 1. The molecule has 0 aliphatic heterocycles. The summed E-state index contributed by atoms with van der Waals surface area (Å²) in [4.78, 5) is 5.65. The molecule has 1 saturated carbocycles. The fraction of sp³-hybridized carbons (Fsp3) is 0.400. The van der Waals surface area contributed by atoms with E-state index >= 15 is 0 Å². The van der Waals surface area contributed by atoms with Crippen LogP contribution in [-0.2, 0) is 6.54 Å². The first kappa shape index (κ1) is 12.6. The van der Waals surface area contributed by atoms with Crippen LogP contribution >= 0.6 is 11.3 Å². The number of hydrogen-bond donors (Lipinski definition) is 1. The largest absolute Gasteiger partial charge is 0.496 e. The predicted octanol–water partition coefficient (Wildman–Crippen LogP) is 3.32. The lowest BCUT2D eigenvalue weighted by Gasteiger charge is -2.04. The van der Waals surface area contributed by atoms with Crippen molar-refractivity contribution in [3.63, 3.8) is 0 Å². The van der Waals surface area contributed by atoms with Crippen molar-refractivity contribution in [3.05, 3.63) is 35.5 Å². The number of aromatic nitrogens is 1. The fourth-order valence-electron chi connectivity index (χ4n) is 2.07. The van der Waals surface area contributed by atoms with Crippen molar-refractivity contribution in [2.24, 2.45) is 5.92 Å². The van der Waals surface area contributed by atoms with Crippen molar-refractivity contribution in [2.75, 3.05) is 13.7 Å². The first-order valence-corrected chi connectivity index (χ1v) is 7.47. The van der Waals surface area contributed by atoms with E-state index in [2.05, 4.69) is 16.4 Å². The highest BCUT2D eigenvalue weighted by Gasteiger charge is 2.20. The van der Waals surface area contributed by atoms with Gasteiger partial charge in [0.25, 0.3) is 0 Å². The Morgan fingerprint density at radius 2 is 2.21 bits per heavy atom. The van der Waals surface area contributed by atoms with Crippen molar-refractivity contribution in [1.82, 2.24) is 10.3 Å². The first-order valence-electron chi connectivity index (χ1n) is 6.65. The van der Waals surface area contributed by atoms with Crippen molar-refractivity contribution in [3.8, 4) is 16.2 Å². The normalized spacial score (nSPS) is 14.6. The van der Waals surface area contributed by atoms with E-state index in [0.29, 0.717) is 0 Å². The number of ether oxygens (including phenoxy) is 1. The maximum Gasteiger partial charge on any atom is 0.127 e. The van der Waals surface area contributed by atoms with Gasteiger partial charge in [0, 0.05) is 18.3 Å². The molecule has 1 aromatic heterocycles. The average Bonchev–Trinajstić information content (AvgIpc) is 3.15. The van der Waals surface area contributed by atoms with E-state index in [1.54, 1.807) is 18.4 Å². The molecular weight excluding hydrogens is 256 g/mol. The van der Waals surface area contributed by atoms with Crippen LogP contribution in [0.1, 0.15) is 17.8 Å². The minimum Gasteiger partial charge on any atom is -0.496 e. The molecule has 1 aromatic carbocycles. The molecule has 1 aliphatic rings. The smallest absolute Gasteiger partial charge is 0.127 e. The van der Waals surface area contributed by atoms with E-state index in [1.807, 2.05) is 24.4 Å². The summed E-state index contributed by atoms with van der Waals surface area (Å²) in [5.41, 5.74) is 1.12. The van der Waals surface area contributed by atoms with Crippen molar-refractivity contribution in [1.29, 1.82) is 0 Å². The van der Waals surface area contributed by atoms with Crippen LogP contribution < -0.4 is 10.1 Å². The van der Waals surface area contributed by atoms with E-state index < -0.39 is 0 Å². The molecule has 0 radical (unpaired) electrons. The van der Waals surface area contributed by atoms with Crippen LogP contribution in [0.5, 0.6) is 5.75 Å². The Morgan fingerprint density at radius 1 is 1.37 bits per heavy atom. The number of nitrogens with zero attached hydrogens (tertiary/aromatic N) is 1. The summed E-state index contributed by atoms with van der Waals surface area (Å²) in [6, 6.07) is 8.08. The highest BCUT2D eigenvalue weighted by molar-refractivity contribution is 7.15. The highest BCUT2D eigenvalue weighted by Crippen LogP contribution is 2.33. The van der Waals surface area contributed by atoms with Crippen LogP contribution in [0.2, 0.25) is 0 Å². The molecule has 0 amide bonds. The van der Waals surface area contributed by atoms with Gasteiger partial charge < -0.3 is 10.1 Å². The summed E-state index contributed by atoms with van der Waals surface area (Å²) >= 11 is 1.73. The Bertz CT molecular complexity index is 549. The van der Waals surface area contributed by atoms with Gasteiger partial charge >= 0.3 is 0 Å². The molecule has 0 atom stereocenters. The molecule has 1 aliphatic carbocycles. The van der Waals surface area contributed by atoms with Crippen molar-refractivity contribution < 1.29 is 4.74 Å². The summed E-state index contributed by atoms with van der Waals surface area (Å²) < 4.78 is 5.39. The van der Waals surface area contributed by atoms with Gasteiger partial charge in [0.05, 0.1) is 12.0 Å². The standard InChI is InChI=1S/C15H18N2OS/c1-18-13-5-3-2-4-12(13)14-9-17-15(19-14)10-16-8-11-6-7-11/h2-5,9,11,16H,6-8,10H2,1H3. The molecule has 1 heterocycles. The third kappa shape index (κ3) is 3.14. The molecule has 3 rings (SSSR count). The third-order valence-electron chi connectivity index (χ3n) is 3.33. The number of nitrogens with one attached hydrogen (secondary N) is 1. The Morgan fingerprint density at radius 3 is 3.00 bits per heavy atom. The zero-order chi connectivity index (χ0) is 13.1. The molecule has 1 N–H and O–H groups in total. The molecule has 1 fully saturated rings. The molecule has 3 nitrogen and oxygen atoms in total. The predicted molar refractivity (Wildman–Crippen MR) is 78.5 cm³/mol. The number of thiazole rings is 1. The minimum atomic E-state index is 0.871. The lowest BCUT2D eigenvalue weighted by molar-refractivity contribution is 0.416. The molecule has 0 spiro atoms. The second kappa shape index (κ2) is 5.72. The van der Waals surface area contributed by atoms with Crippen LogP contribution in [-0.4, -0.2) is 18.6 Å². The topological polar surface area (TPSA) is 34.1 Å². The first-order chi connectivity index (χ1) is 9.36. The SMILES string of the molecule is COc1ccccc1-c1cnc(CNCC2CC2)s1. The van der Waals surface area contributed by atoms with Gasteiger partial charge in [-0.05, 0) is 37.4 Å². The highest BCUT2D eigenvalue weighted by atomic mass is 32.1. The Kier molecular flexibility index (Phi) is 3.80. The van der Waals surface area contributed by atoms with Gasteiger partial charge in [-0.25, -0.2) is 4.98 Å². The van der Waals surface area contributed by atoms with Crippen molar-refractivity contribution >= 4 is 11.3 Å². The molecule has 19 heavy (non-hydrogen) atoms. The lowest BCUT2D eigenvalue weighted by atomic mass is 10.2. The van der Waals surface area contributed by atoms with Gasteiger partial charge in [0.15, 0.2) is 0 Å². The Balaban J connectivity index is 1.68. The molecule has 0 bridgehead atoms. The van der Waals surface area contributed by atoms with Gasteiger partial charge in [-0.3, -0.25) is 0 Å². The van der Waals surface area contributed by atoms with E-state index in [1.165, 1.54) is 17.7 Å². The number of para-hydroxylation sites is 1. The van der Waals surface area contributed by atoms with E-state index in [-0.39, 0.29) is 0 Å². The number of benzene rings is 1.